The quantitative estimate of drug-likeness (QED) is 0.792. The fraction of sp³-hybridized carbons (Fsp3) is 0.158. The molecule has 0 unspecified atom stereocenters. The molecule has 2 aromatic carbocycles. The fourth-order valence-electron chi connectivity index (χ4n) is 2.89. The van der Waals surface area contributed by atoms with Crippen LogP contribution in [0.15, 0.2) is 42.5 Å². The van der Waals surface area contributed by atoms with Gasteiger partial charge < -0.3 is 4.74 Å². The minimum Gasteiger partial charge on any atom is -0.465 e. The van der Waals surface area contributed by atoms with Gasteiger partial charge in [0.15, 0.2) is 0 Å². The number of allylic oxidation sites excluding steroid dienone is 1. The van der Waals surface area contributed by atoms with E-state index in [0.717, 1.165) is 29.5 Å². The summed E-state index contributed by atoms with van der Waals surface area (Å²) in [5.41, 5.74) is 3.72. The minimum atomic E-state index is -0.540. The number of hydrogen-bond acceptors (Lipinski definition) is 3. The molecular weight excluding hydrogens is 293 g/mol. The summed E-state index contributed by atoms with van der Waals surface area (Å²) >= 11 is 0. The second kappa shape index (κ2) is 6.05. The van der Waals surface area contributed by atoms with Crippen molar-refractivity contribution in [3.05, 3.63) is 76.1 Å². The number of esters is 1. The minimum absolute atomic E-state index is 0.0232. The third-order valence-corrected chi connectivity index (χ3v) is 4.00. The monoisotopic (exact) mass is 307 g/mol. The summed E-state index contributed by atoms with van der Waals surface area (Å²) in [5.74, 6) is -0.959. The number of halogens is 1. The molecule has 114 valence electrons. The largest absolute Gasteiger partial charge is 0.465 e. The van der Waals surface area contributed by atoms with Gasteiger partial charge in [0.2, 0.25) is 0 Å². The molecule has 4 heteroatoms. The Kier molecular flexibility index (Phi) is 3.94. The van der Waals surface area contributed by atoms with Gasteiger partial charge in [-0.25, -0.2) is 9.18 Å². The molecule has 1 aliphatic rings. The molecule has 0 heterocycles. The first-order chi connectivity index (χ1) is 11.2. The average molecular weight is 307 g/mol. The molecule has 0 saturated carbocycles. The number of hydrogen-bond donors (Lipinski definition) is 0. The summed E-state index contributed by atoms with van der Waals surface area (Å²) in [5, 5.41) is 9.27. The maximum atomic E-state index is 13.9. The highest BCUT2D eigenvalue weighted by Gasteiger charge is 2.20. The van der Waals surface area contributed by atoms with Crippen LogP contribution in [0.5, 0.6) is 0 Å². The lowest BCUT2D eigenvalue weighted by atomic mass is 9.84. The fourth-order valence-corrected chi connectivity index (χ4v) is 2.89. The summed E-state index contributed by atoms with van der Waals surface area (Å²) in [6.07, 6.45) is 3.64. The van der Waals surface area contributed by atoms with Gasteiger partial charge in [-0.15, -0.1) is 0 Å². The Hall–Kier alpha value is -2.93. The van der Waals surface area contributed by atoms with Crippen LogP contribution in [0.25, 0.3) is 5.57 Å². The second-order valence-electron chi connectivity index (χ2n) is 5.29. The molecule has 0 aromatic heterocycles. The molecule has 23 heavy (non-hydrogen) atoms. The summed E-state index contributed by atoms with van der Waals surface area (Å²) < 4.78 is 18.7. The number of ether oxygens (including phenoxy) is 1. The molecule has 0 N–H and O–H groups in total. The molecule has 0 bridgehead atoms. The van der Waals surface area contributed by atoms with Crippen molar-refractivity contribution in [2.45, 2.75) is 12.8 Å². The molecule has 0 atom stereocenters. The van der Waals surface area contributed by atoms with Crippen LogP contribution in [0.3, 0.4) is 0 Å². The van der Waals surface area contributed by atoms with E-state index in [1.165, 1.54) is 13.2 Å². The van der Waals surface area contributed by atoms with Crippen LogP contribution in [0.4, 0.5) is 4.39 Å². The third-order valence-electron chi connectivity index (χ3n) is 4.00. The number of aryl methyl sites for hydroxylation is 1. The maximum Gasteiger partial charge on any atom is 0.337 e. The van der Waals surface area contributed by atoms with Crippen molar-refractivity contribution in [1.29, 1.82) is 5.26 Å². The number of nitrogens with zero attached hydrogens (tertiary/aromatic N) is 1. The Labute approximate surface area is 133 Å². The molecule has 0 aliphatic heterocycles. The van der Waals surface area contributed by atoms with Crippen LogP contribution in [0.1, 0.15) is 39.0 Å². The average Bonchev–Trinajstić information content (AvgIpc) is 2.59. The lowest BCUT2D eigenvalue weighted by Crippen LogP contribution is -2.07. The predicted octanol–water partition coefficient (Wildman–Crippen LogP) is 3.86. The maximum absolute atomic E-state index is 13.9. The van der Waals surface area contributed by atoms with E-state index in [-0.39, 0.29) is 5.56 Å². The van der Waals surface area contributed by atoms with Gasteiger partial charge in [-0.05, 0) is 47.7 Å². The normalized spacial score (nSPS) is 12.8. The molecule has 0 radical (unpaired) electrons. The second-order valence-corrected chi connectivity index (χ2v) is 5.29. The molecule has 0 saturated heterocycles. The van der Waals surface area contributed by atoms with E-state index in [9.17, 15) is 14.4 Å². The Morgan fingerprint density at radius 3 is 2.83 bits per heavy atom. The highest BCUT2D eigenvalue weighted by Crippen LogP contribution is 2.34. The van der Waals surface area contributed by atoms with Crippen molar-refractivity contribution < 1.29 is 13.9 Å². The van der Waals surface area contributed by atoms with E-state index in [1.54, 1.807) is 24.3 Å². The zero-order chi connectivity index (χ0) is 16.4. The van der Waals surface area contributed by atoms with Crippen LogP contribution >= 0.6 is 0 Å². The Morgan fingerprint density at radius 1 is 1.26 bits per heavy atom. The SMILES string of the molecule is COC(=O)c1ccc2c(c1)C(c1cccc(F)c1C#N)=CCC2. The van der Waals surface area contributed by atoms with Gasteiger partial charge >= 0.3 is 5.97 Å². The van der Waals surface area contributed by atoms with Gasteiger partial charge in [-0.3, -0.25) is 0 Å². The third kappa shape index (κ3) is 2.62. The highest BCUT2D eigenvalue weighted by atomic mass is 19.1. The molecule has 2 aromatic rings. The molecule has 3 nitrogen and oxygen atoms in total. The van der Waals surface area contributed by atoms with E-state index in [2.05, 4.69) is 0 Å². The number of fused-ring (bicyclic) bond motifs is 1. The van der Waals surface area contributed by atoms with E-state index in [0.29, 0.717) is 11.1 Å². The standard InChI is InChI=1S/C19H14FNO2/c1-23-19(22)13-9-8-12-4-2-5-14(16(12)10-13)15-6-3-7-18(20)17(15)11-21/h3,5-10H,2,4H2,1H3. The van der Waals surface area contributed by atoms with Crippen molar-refractivity contribution >= 4 is 11.5 Å². The number of benzene rings is 2. The zero-order valence-corrected chi connectivity index (χ0v) is 12.6. The smallest absolute Gasteiger partial charge is 0.337 e. The first kappa shape index (κ1) is 15.0. The lowest BCUT2D eigenvalue weighted by Gasteiger charge is -2.20. The van der Waals surface area contributed by atoms with Crippen LogP contribution in [-0.2, 0) is 11.2 Å². The van der Waals surface area contributed by atoms with Gasteiger partial charge in [0, 0.05) is 5.56 Å². The summed E-state index contributed by atoms with van der Waals surface area (Å²) in [6.45, 7) is 0. The molecule has 3 rings (SSSR count). The van der Waals surface area contributed by atoms with Gasteiger partial charge in [-0.2, -0.15) is 5.26 Å². The number of nitriles is 1. The van der Waals surface area contributed by atoms with Crippen molar-refractivity contribution in [3.63, 3.8) is 0 Å². The van der Waals surface area contributed by atoms with Crippen molar-refractivity contribution in [3.8, 4) is 6.07 Å². The predicted molar refractivity (Wildman–Crippen MR) is 84.3 cm³/mol. The molecular formula is C19H14FNO2. The summed E-state index contributed by atoms with van der Waals surface area (Å²) in [7, 11) is 1.33. The van der Waals surface area contributed by atoms with Crippen molar-refractivity contribution in [1.82, 2.24) is 0 Å². The van der Waals surface area contributed by atoms with Gasteiger partial charge in [0.1, 0.15) is 11.9 Å². The number of rotatable bonds is 2. The van der Waals surface area contributed by atoms with E-state index in [1.807, 2.05) is 18.2 Å². The van der Waals surface area contributed by atoms with Crippen molar-refractivity contribution in [2.24, 2.45) is 0 Å². The van der Waals surface area contributed by atoms with Crippen LogP contribution in [0, 0.1) is 17.1 Å². The van der Waals surface area contributed by atoms with E-state index < -0.39 is 11.8 Å². The number of methoxy groups -OCH3 is 1. The molecule has 0 fully saturated rings. The van der Waals surface area contributed by atoms with Crippen LogP contribution in [0.2, 0.25) is 0 Å². The topological polar surface area (TPSA) is 50.1 Å². The number of carbonyl (C=O) groups excluding carboxylic acids is 1. The Balaban J connectivity index is 2.18. The van der Waals surface area contributed by atoms with E-state index >= 15 is 0 Å². The van der Waals surface area contributed by atoms with Gasteiger partial charge in [-0.1, -0.05) is 24.3 Å². The molecule has 1 aliphatic carbocycles. The Bertz CT molecular complexity index is 862. The van der Waals surface area contributed by atoms with E-state index in [4.69, 9.17) is 4.74 Å². The van der Waals surface area contributed by atoms with Gasteiger partial charge in [0.25, 0.3) is 0 Å². The van der Waals surface area contributed by atoms with Crippen molar-refractivity contribution in [2.75, 3.05) is 7.11 Å². The zero-order valence-electron chi connectivity index (χ0n) is 12.6. The summed E-state index contributed by atoms with van der Waals surface area (Å²) in [4.78, 5) is 11.8. The first-order valence-electron chi connectivity index (χ1n) is 7.26. The van der Waals surface area contributed by atoms with Gasteiger partial charge in [0.05, 0.1) is 18.2 Å². The molecule has 0 amide bonds. The highest BCUT2D eigenvalue weighted by molar-refractivity contribution is 5.93. The van der Waals surface area contributed by atoms with Crippen LogP contribution < -0.4 is 0 Å². The molecule has 0 spiro atoms. The summed E-state index contributed by atoms with van der Waals surface area (Å²) in [6, 6.07) is 11.9. The first-order valence-corrected chi connectivity index (χ1v) is 7.26. The van der Waals surface area contributed by atoms with Crippen LogP contribution in [-0.4, -0.2) is 13.1 Å². The number of carbonyl (C=O) groups is 1. The Morgan fingerprint density at radius 2 is 2.09 bits per heavy atom. The lowest BCUT2D eigenvalue weighted by molar-refractivity contribution is 0.0600.